The molecule has 0 bridgehead atoms. The molecule has 0 aliphatic carbocycles. The number of rotatable bonds is 6. The summed E-state index contributed by atoms with van der Waals surface area (Å²) < 4.78 is 1.72. The summed E-state index contributed by atoms with van der Waals surface area (Å²) in [5.41, 5.74) is 10.1. The average molecular weight is 488 g/mol. The molecule has 0 saturated heterocycles. The third-order valence-corrected chi connectivity index (χ3v) is 6.28. The van der Waals surface area contributed by atoms with Crippen molar-refractivity contribution in [1.82, 2.24) is 19.5 Å². The molecule has 0 saturated carbocycles. The minimum atomic E-state index is -0.386. The maximum absolute atomic E-state index is 14.3. The first-order chi connectivity index (χ1) is 18.0. The van der Waals surface area contributed by atoms with E-state index < -0.39 is 0 Å². The topological polar surface area (TPSA) is 103 Å². The van der Waals surface area contributed by atoms with Gasteiger partial charge in [-0.25, -0.2) is 14.8 Å². The Labute approximate surface area is 214 Å². The van der Waals surface area contributed by atoms with Crippen LogP contribution in [0.15, 0.2) is 83.9 Å². The van der Waals surface area contributed by atoms with Gasteiger partial charge >= 0.3 is 0 Å². The van der Waals surface area contributed by atoms with Gasteiger partial charge in [0.25, 0.3) is 5.56 Å². The summed E-state index contributed by atoms with van der Waals surface area (Å²) >= 11 is 0. The SMILES string of the molecule is [C-]#[N+]c1cnc(N)nc1N[C@@H](C)c1cc2cccc(-c3ccnc(CC)c3)c2c(=O)n1-c1ccccc1. The number of aromatic nitrogens is 4. The average Bonchev–Trinajstić information content (AvgIpc) is 2.93. The molecule has 0 aliphatic rings. The van der Waals surface area contributed by atoms with Crippen LogP contribution in [0.3, 0.4) is 0 Å². The minimum absolute atomic E-state index is 0.0644. The number of fused-ring (bicyclic) bond motifs is 1. The molecule has 8 heteroatoms. The number of hydrogen-bond donors (Lipinski definition) is 2. The summed E-state index contributed by atoms with van der Waals surface area (Å²) in [4.78, 5) is 30.3. The van der Waals surface area contributed by atoms with E-state index in [9.17, 15) is 4.79 Å². The molecule has 5 aromatic rings. The Kier molecular flexibility index (Phi) is 6.35. The summed E-state index contributed by atoms with van der Waals surface area (Å²) in [6, 6.07) is 21.0. The van der Waals surface area contributed by atoms with E-state index in [-0.39, 0.29) is 23.2 Å². The molecule has 2 aromatic carbocycles. The van der Waals surface area contributed by atoms with E-state index in [4.69, 9.17) is 12.3 Å². The van der Waals surface area contributed by atoms with E-state index in [1.54, 1.807) is 10.8 Å². The third kappa shape index (κ3) is 4.50. The first-order valence-corrected chi connectivity index (χ1v) is 12.0. The van der Waals surface area contributed by atoms with Crippen molar-refractivity contribution >= 4 is 28.2 Å². The zero-order valence-electron chi connectivity index (χ0n) is 20.5. The summed E-state index contributed by atoms with van der Waals surface area (Å²) in [5, 5.41) is 4.72. The lowest BCUT2D eigenvalue weighted by atomic mass is 9.97. The van der Waals surface area contributed by atoms with Gasteiger partial charge in [-0.05, 0) is 60.2 Å². The third-order valence-electron chi connectivity index (χ3n) is 6.28. The molecular weight excluding hydrogens is 462 g/mol. The highest BCUT2D eigenvalue weighted by molar-refractivity contribution is 5.96. The van der Waals surface area contributed by atoms with Gasteiger partial charge in [-0.15, -0.1) is 0 Å². The van der Waals surface area contributed by atoms with Crippen LogP contribution in [0, 0.1) is 6.57 Å². The fraction of sp³-hybridized carbons (Fsp3) is 0.138. The van der Waals surface area contributed by atoms with Crippen molar-refractivity contribution in [2.45, 2.75) is 26.3 Å². The number of nitrogens with zero attached hydrogens (tertiary/aromatic N) is 5. The minimum Gasteiger partial charge on any atom is -0.371 e. The summed E-state index contributed by atoms with van der Waals surface area (Å²) in [5.74, 6) is 0.384. The van der Waals surface area contributed by atoms with Crippen LogP contribution in [0.2, 0.25) is 0 Å². The molecule has 3 aromatic heterocycles. The number of nitrogens with one attached hydrogen (secondary N) is 1. The predicted molar refractivity (Wildman–Crippen MR) is 147 cm³/mol. The summed E-state index contributed by atoms with van der Waals surface area (Å²) in [6.45, 7) is 11.4. The van der Waals surface area contributed by atoms with Crippen molar-refractivity contribution < 1.29 is 0 Å². The van der Waals surface area contributed by atoms with Crippen LogP contribution >= 0.6 is 0 Å². The Morgan fingerprint density at radius 2 is 1.89 bits per heavy atom. The van der Waals surface area contributed by atoms with Gasteiger partial charge in [-0.3, -0.25) is 14.3 Å². The van der Waals surface area contributed by atoms with Gasteiger partial charge in [0.05, 0.1) is 18.0 Å². The van der Waals surface area contributed by atoms with Gasteiger partial charge in [0, 0.05) is 29.5 Å². The van der Waals surface area contributed by atoms with Gasteiger partial charge in [-0.2, -0.15) is 0 Å². The first kappa shape index (κ1) is 23.7. The van der Waals surface area contributed by atoms with E-state index in [1.807, 2.05) is 73.7 Å². The molecule has 8 nitrogen and oxygen atoms in total. The number of benzene rings is 2. The van der Waals surface area contributed by atoms with Gasteiger partial charge in [0.1, 0.15) is 5.82 Å². The number of pyridine rings is 2. The maximum atomic E-state index is 14.3. The second-order valence-corrected chi connectivity index (χ2v) is 8.64. The van der Waals surface area contributed by atoms with Crippen LogP contribution in [0.4, 0.5) is 17.5 Å². The molecule has 0 unspecified atom stereocenters. The number of para-hydroxylation sites is 1. The number of anilines is 2. The van der Waals surface area contributed by atoms with Crippen LogP contribution in [0.25, 0.3) is 32.4 Å². The normalized spacial score (nSPS) is 11.7. The van der Waals surface area contributed by atoms with Crippen molar-refractivity contribution in [2.75, 3.05) is 11.1 Å². The molecule has 0 fully saturated rings. The van der Waals surface area contributed by atoms with E-state index in [0.717, 1.165) is 40.0 Å². The van der Waals surface area contributed by atoms with Crippen LogP contribution in [-0.4, -0.2) is 19.5 Å². The molecular formula is C29H25N7O. The van der Waals surface area contributed by atoms with Crippen molar-refractivity contribution in [2.24, 2.45) is 0 Å². The van der Waals surface area contributed by atoms with Crippen molar-refractivity contribution in [1.29, 1.82) is 0 Å². The molecule has 3 heterocycles. The molecule has 182 valence electrons. The van der Waals surface area contributed by atoms with Crippen LogP contribution in [0.1, 0.15) is 31.3 Å². The number of hydrogen-bond acceptors (Lipinski definition) is 6. The van der Waals surface area contributed by atoms with E-state index >= 15 is 0 Å². The smallest absolute Gasteiger partial charge is 0.263 e. The van der Waals surface area contributed by atoms with Gasteiger partial charge in [0.15, 0.2) is 0 Å². The molecule has 5 rings (SSSR count). The Balaban J connectivity index is 1.74. The zero-order chi connectivity index (χ0) is 25.9. The predicted octanol–water partition coefficient (Wildman–Crippen LogP) is 5.71. The Morgan fingerprint density at radius 1 is 1.08 bits per heavy atom. The number of aryl methyl sites for hydroxylation is 1. The highest BCUT2D eigenvalue weighted by atomic mass is 16.1. The molecule has 3 N–H and O–H groups in total. The van der Waals surface area contributed by atoms with Crippen molar-refractivity contribution in [3.05, 3.63) is 112 Å². The lowest BCUT2D eigenvalue weighted by Gasteiger charge is -2.22. The fourth-order valence-electron chi connectivity index (χ4n) is 4.48. The van der Waals surface area contributed by atoms with Gasteiger partial charge in [-0.1, -0.05) is 43.3 Å². The van der Waals surface area contributed by atoms with Crippen molar-refractivity contribution in [3.63, 3.8) is 0 Å². The first-order valence-electron chi connectivity index (χ1n) is 12.0. The molecule has 37 heavy (non-hydrogen) atoms. The quantitative estimate of drug-likeness (QED) is 0.297. The second-order valence-electron chi connectivity index (χ2n) is 8.64. The number of nitrogen functional groups attached to an aromatic ring is 1. The summed E-state index contributed by atoms with van der Waals surface area (Å²) in [7, 11) is 0. The van der Waals surface area contributed by atoms with E-state index in [2.05, 4.69) is 32.0 Å². The van der Waals surface area contributed by atoms with Crippen molar-refractivity contribution in [3.8, 4) is 16.8 Å². The standard InChI is InChI=1S/C29H25N7O/c1-4-21-15-19(13-14-32-21)23-12-8-9-20-16-25(18(2)34-27-24(31-3)17-33-29(30)35-27)36(28(37)26(20)23)22-10-6-5-7-11-22/h5-18H,4H2,1-2H3,(H3,30,33,34,35)/t18-/m0/s1. The van der Waals surface area contributed by atoms with Gasteiger partial charge < -0.3 is 11.1 Å². The molecule has 0 spiro atoms. The maximum Gasteiger partial charge on any atom is 0.263 e. The zero-order valence-corrected chi connectivity index (χ0v) is 20.5. The molecule has 0 aliphatic heterocycles. The summed E-state index contributed by atoms with van der Waals surface area (Å²) in [6.07, 6.45) is 3.98. The number of nitrogens with two attached hydrogens (primary N) is 1. The Morgan fingerprint density at radius 3 is 2.65 bits per heavy atom. The highest BCUT2D eigenvalue weighted by Crippen LogP contribution is 2.31. The molecule has 1 atom stereocenters. The lowest BCUT2D eigenvalue weighted by molar-refractivity contribution is 0.774. The largest absolute Gasteiger partial charge is 0.371 e. The lowest BCUT2D eigenvalue weighted by Crippen LogP contribution is -2.26. The molecule has 0 radical (unpaired) electrons. The van der Waals surface area contributed by atoms with E-state index in [1.165, 1.54) is 6.20 Å². The monoisotopic (exact) mass is 487 g/mol. The fourth-order valence-corrected chi connectivity index (χ4v) is 4.48. The molecule has 0 amide bonds. The van der Waals surface area contributed by atoms with Crippen LogP contribution in [0.5, 0.6) is 0 Å². The van der Waals surface area contributed by atoms with Crippen LogP contribution in [-0.2, 0) is 6.42 Å². The highest BCUT2D eigenvalue weighted by Gasteiger charge is 2.20. The Hall–Kier alpha value is -5.03. The van der Waals surface area contributed by atoms with E-state index in [0.29, 0.717) is 11.2 Å². The Bertz CT molecular complexity index is 1700. The second kappa shape index (κ2) is 9.91. The van der Waals surface area contributed by atoms with Gasteiger partial charge in [0.2, 0.25) is 11.6 Å². The van der Waals surface area contributed by atoms with Crippen LogP contribution < -0.4 is 16.6 Å².